The molecular formula is C11H14N3O5P. The quantitative estimate of drug-likeness (QED) is 0.617. The molecule has 0 aliphatic carbocycles. The van der Waals surface area contributed by atoms with Crippen LogP contribution in [-0.4, -0.2) is 37.4 Å². The van der Waals surface area contributed by atoms with Crippen LogP contribution in [0.2, 0.25) is 0 Å². The van der Waals surface area contributed by atoms with E-state index in [1.54, 1.807) is 6.20 Å². The zero-order valence-electron chi connectivity index (χ0n) is 10.4. The summed E-state index contributed by atoms with van der Waals surface area (Å²) in [5, 5.41) is 0. The van der Waals surface area contributed by atoms with Crippen LogP contribution >= 0.6 is 8.60 Å². The minimum atomic E-state index is -2.35. The monoisotopic (exact) mass is 299 g/mol. The molecule has 0 amide bonds. The van der Waals surface area contributed by atoms with Crippen LogP contribution in [0.4, 0.5) is 0 Å². The van der Waals surface area contributed by atoms with Gasteiger partial charge in [0.2, 0.25) is 0 Å². The van der Waals surface area contributed by atoms with Gasteiger partial charge >= 0.3 is 8.60 Å². The standard InChI is InChI=1S/C11H14N3O5P/c15-11-10-9(13-5-14-11)7(3-12-10)8-2-1-6(19-8)4-18-20(16)17/h3,5-6,8,12,16-17H,1-2,4H2,(H,13,14,15). The summed E-state index contributed by atoms with van der Waals surface area (Å²) in [5.74, 6) is 0. The van der Waals surface area contributed by atoms with Crippen molar-refractivity contribution in [2.75, 3.05) is 6.61 Å². The highest BCUT2D eigenvalue weighted by Crippen LogP contribution is 2.36. The van der Waals surface area contributed by atoms with E-state index >= 15 is 0 Å². The van der Waals surface area contributed by atoms with Gasteiger partial charge in [-0.3, -0.25) is 4.79 Å². The van der Waals surface area contributed by atoms with E-state index in [9.17, 15) is 4.79 Å². The average Bonchev–Trinajstić information content (AvgIpc) is 3.02. The topological polar surface area (TPSA) is 120 Å². The minimum absolute atomic E-state index is 0.144. The van der Waals surface area contributed by atoms with Crippen LogP contribution in [0.15, 0.2) is 17.3 Å². The van der Waals surface area contributed by atoms with Crippen molar-refractivity contribution in [3.63, 3.8) is 0 Å². The van der Waals surface area contributed by atoms with Gasteiger partial charge in [-0.1, -0.05) is 0 Å². The number of hydrogen-bond acceptors (Lipinski definition) is 6. The fraction of sp³-hybridized carbons (Fsp3) is 0.455. The SMILES string of the molecule is O=c1[nH]cnc2c(C3CCC(COP(O)O)O3)c[nH]c12. The van der Waals surface area contributed by atoms with Crippen LogP contribution < -0.4 is 5.56 Å². The highest BCUT2D eigenvalue weighted by atomic mass is 31.2. The number of ether oxygens (including phenoxy) is 1. The van der Waals surface area contributed by atoms with Gasteiger partial charge in [0.15, 0.2) is 0 Å². The van der Waals surface area contributed by atoms with E-state index in [1.807, 2.05) is 0 Å². The summed E-state index contributed by atoms with van der Waals surface area (Å²) in [6.07, 6.45) is 4.26. The summed E-state index contributed by atoms with van der Waals surface area (Å²) in [6, 6.07) is 0. The minimum Gasteiger partial charge on any atom is -0.368 e. The summed E-state index contributed by atoms with van der Waals surface area (Å²) in [6.45, 7) is 0.144. The molecule has 2 aromatic heterocycles. The first-order chi connectivity index (χ1) is 9.65. The Morgan fingerprint density at radius 3 is 3.10 bits per heavy atom. The molecule has 1 aliphatic rings. The number of nitrogens with one attached hydrogen (secondary N) is 2. The van der Waals surface area contributed by atoms with Gasteiger partial charge in [-0.2, -0.15) is 0 Å². The summed E-state index contributed by atoms with van der Waals surface area (Å²) >= 11 is 0. The zero-order valence-corrected chi connectivity index (χ0v) is 11.3. The maximum atomic E-state index is 11.6. The van der Waals surface area contributed by atoms with Gasteiger partial charge in [-0.05, 0) is 12.8 Å². The molecule has 9 heteroatoms. The van der Waals surface area contributed by atoms with Crippen molar-refractivity contribution in [1.29, 1.82) is 0 Å². The molecule has 1 aliphatic heterocycles. The third kappa shape index (κ3) is 2.61. The molecule has 0 bridgehead atoms. The van der Waals surface area contributed by atoms with Crippen molar-refractivity contribution in [3.8, 4) is 0 Å². The molecule has 4 N–H and O–H groups in total. The predicted molar refractivity (Wildman–Crippen MR) is 70.9 cm³/mol. The van der Waals surface area contributed by atoms with E-state index in [2.05, 4.69) is 15.0 Å². The Hall–Kier alpha value is -1.31. The Kier molecular flexibility index (Phi) is 3.82. The molecule has 8 nitrogen and oxygen atoms in total. The largest absolute Gasteiger partial charge is 0.368 e. The maximum absolute atomic E-state index is 11.6. The van der Waals surface area contributed by atoms with Crippen LogP contribution in [0.1, 0.15) is 24.5 Å². The second kappa shape index (κ2) is 5.59. The molecule has 108 valence electrons. The normalized spacial score (nSPS) is 22.9. The predicted octanol–water partition coefficient (Wildman–Crippen LogP) is 0.699. The molecule has 3 heterocycles. The van der Waals surface area contributed by atoms with Crippen LogP contribution in [0.5, 0.6) is 0 Å². The molecule has 1 fully saturated rings. The zero-order chi connectivity index (χ0) is 14.1. The van der Waals surface area contributed by atoms with Gasteiger partial charge in [0, 0.05) is 11.8 Å². The van der Waals surface area contributed by atoms with Gasteiger partial charge in [0.05, 0.1) is 25.1 Å². The first-order valence-corrected chi connectivity index (χ1v) is 7.32. The third-order valence-corrected chi connectivity index (χ3v) is 3.71. The number of fused-ring (bicyclic) bond motifs is 1. The highest BCUT2D eigenvalue weighted by molar-refractivity contribution is 7.39. The number of H-pyrrole nitrogens is 2. The van der Waals surface area contributed by atoms with E-state index in [1.165, 1.54) is 6.33 Å². The molecule has 1 saturated heterocycles. The van der Waals surface area contributed by atoms with Crippen molar-refractivity contribution in [2.24, 2.45) is 0 Å². The average molecular weight is 299 g/mol. The van der Waals surface area contributed by atoms with Gasteiger partial charge in [0.1, 0.15) is 11.0 Å². The number of aromatic nitrogens is 3. The number of hydrogen-bond donors (Lipinski definition) is 4. The number of rotatable bonds is 4. The summed E-state index contributed by atoms with van der Waals surface area (Å²) in [5.41, 5.74) is 1.65. The fourth-order valence-corrected chi connectivity index (χ4v) is 2.72. The Morgan fingerprint density at radius 2 is 2.30 bits per heavy atom. The van der Waals surface area contributed by atoms with Crippen molar-refractivity contribution in [3.05, 3.63) is 28.4 Å². The van der Waals surface area contributed by atoms with E-state index in [4.69, 9.17) is 19.0 Å². The van der Waals surface area contributed by atoms with Crippen LogP contribution in [0.25, 0.3) is 11.0 Å². The van der Waals surface area contributed by atoms with Crippen LogP contribution in [0, 0.1) is 0 Å². The van der Waals surface area contributed by atoms with Crippen LogP contribution in [-0.2, 0) is 9.26 Å². The lowest BCUT2D eigenvalue weighted by Crippen LogP contribution is -2.13. The first-order valence-electron chi connectivity index (χ1n) is 6.16. The Morgan fingerprint density at radius 1 is 1.45 bits per heavy atom. The second-order valence-corrected chi connectivity index (χ2v) is 5.34. The highest BCUT2D eigenvalue weighted by Gasteiger charge is 2.29. The summed E-state index contributed by atoms with van der Waals surface area (Å²) in [7, 11) is -2.35. The molecule has 0 spiro atoms. The lowest BCUT2D eigenvalue weighted by molar-refractivity contribution is 0.0151. The second-order valence-electron chi connectivity index (χ2n) is 4.57. The first kappa shape index (κ1) is 13.7. The van der Waals surface area contributed by atoms with E-state index in [-0.39, 0.29) is 24.4 Å². The molecular weight excluding hydrogens is 285 g/mol. The molecule has 2 atom stereocenters. The molecule has 0 aromatic carbocycles. The molecule has 20 heavy (non-hydrogen) atoms. The third-order valence-electron chi connectivity index (χ3n) is 3.33. The fourth-order valence-electron chi connectivity index (χ4n) is 2.42. The maximum Gasteiger partial charge on any atom is 0.327 e. The van der Waals surface area contributed by atoms with Gasteiger partial charge < -0.3 is 29.0 Å². The van der Waals surface area contributed by atoms with Crippen LogP contribution in [0.3, 0.4) is 0 Å². The van der Waals surface area contributed by atoms with Crippen molar-refractivity contribution < 1.29 is 19.0 Å². The molecule has 0 saturated carbocycles. The van der Waals surface area contributed by atoms with Crippen molar-refractivity contribution in [1.82, 2.24) is 15.0 Å². The number of aromatic amines is 2. The molecule has 0 radical (unpaired) electrons. The number of nitrogens with zero attached hydrogens (tertiary/aromatic N) is 1. The van der Waals surface area contributed by atoms with E-state index < -0.39 is 8.60 Å². The Bertz CT molecular complexity index is 655. The smallest absolute Gasteiger partial charge is 0.327 e. The Balaban J connectivity index is 1.76. The summed E-state index contributed by atoms with van der Waals surface area (Å²) in [4.78, 5) is 38.6. The lowest BCUT2D eigenvalue weighted by atomic mass is 10.1. The molecule has 3 rings (SSSR count). The van der Waals surface area contributed by atoms with E-state index in [0.29, 0.717) is 11.0 Å². The summed E-state index contributed by atoms with van der Waals surface area (Å²) < 4.78 is 10.6. The lowest BCUT2D eigenvalue weighted by Gasteiger charge is -2.13. The molecule has 2 aromatic rings. The van der Waals surface area contributed by atoms with Crippen molar-refractivity contribution in [2.45, 2.75) is 25.0 Å². The van der Waals surface area contributed by atoms with Crippen molar-refractivity contribution >= 4 is 19.6 Å². The Labute approximate surface area is 114 Å². The van der Waals surface area contributed by atoms with Gasteiger partial charge in [-0.15, -0.1) is 0 Å². The molecule has 2 unspecified atom stereocenters. The van der Waals surface area contributed by atoms with Gasteiger partial charge in [-0.25, -0.2) is 4.98 Å². The van der Waals surface area contributed by atoms with E-state index in [0.717, 1.165) is 18.4 Å². The van der Waals surface area contributed by atoms with Gasteiger partial charge in [0.25, 0.3) is 5.56 Å².